The summed E-state index contributed by atoms with van der Waals surface area (Å²) in [6.07, 6.45) is 2.49. The lowest BCUT2D eigenvalue weighted by molar-refractivity contribution is 0.245. The van der Waals surface area contributed by atoms with Crippen LogP contribution in [0.25, 0.3) is 0 Å². The standard InChI is InChI=1S/C24H34N4O2/c1-25-24(26-16-21(18-29)19-8-4-3-5-9-19)27-17-23(28-14-6-7-15-28)20-10-12-22(30-2)13-11-20/h3-5,8-13,21,23,29H,6-7,14-18H2,1-2H3,(H2,25,26,27). The maximum Gasteiger partial charge on any atom is 0.191 e. The molecule has 0 radical (unpaired) electrons. The van der Waals surface area contributed by atoms with Gasteiger partial charge in [0.15, 0.2) is 5.96 Å². The fourth-order valence-electron chi connectivity index (χ4n) is 3.98. The molecule has 0 bridgehead atoms. The zero-order valence-electron chi connectivity index (χ0n) is 18.1. The first kappa shape index (κ1) is 22.1. The van der Waals surface area contributed by atoms with Crippen molar-refractivity contribution in [2.75, 3.05) is 46.9 Å². The van der Waals surface area contributed by atoms with Crippen LogP contribution in [0.5, 0.6) is 5.75 Å². The Hall–Kier alpha value is -2.57. The molecule has 2 unspecified atom stereocenters. The van der Waals surface area contributed by atoms with E-state index in [4.69, 9.17) is 4.74 Å². The van der Waals surface area contributed by atoms with E-state index in [1.54, 1.807) is 14.2 Å². The lowest BCUT2D eigenvalue weighted by Gasteiger charge is -2.29. The highest BCUT2D eigenvalue weighted by Crippen LogP contribution is 2.26. The van der Waals surface area contributed by atoms with Gasteiger partial charge in [0, 0.05) is 26.1 Å². The van der Waals surface area contributed by atoms with E-state index in [1.165, 1.54) is 18.4 Å². The summed E-state index contributed by atoms with van der Waals surface area (Å²) < 4.78 is 5.31. The third-order valence-corrected chi connectivity index (χ3v) is 5.78. The summed E-state index contributed by atoms with van der Waals surface area (Å²) in [5.41, 5.74) is 2.40. The first-order valence-electron chi connectivity index (χ1n) is 10.7. The van der Waals surface area contributed by atoms with Crippen LogP contribution in [0.3, 0.4) is 0 Å². The fraction of sp³-hybridized carbons (Fsp3) is 0.458. The van der Waals surface area contributed by atoms with Crippen molar-refractivity contribution in [3.8, 4) is 5.75 Å². The topological polar surface area (TPSA) is 69.1 Å². The van der Waals surface area contributed by atoms with Crippen molar-refractivity contribution in [3.05, 3.63) is 65.7 Å². The zero-order valence-corrected chi connectivity index (χ0v) is 18.1. The summed E-state index contributed by atoms with van der Waals surface area (Å²) in [5.74, 6) is 1.66. The number of guanidine groups is 1. The van der Waals surface area contributed by atoms with Gasteiger partial charge >= 0.3 is 0 Å². The minimum atomic E-state index is 0.0284. The molecule has 0 aliphatic carbocycles. The predicted octanol–water partition coefficient (Wildman–Crippen LogP) is 2.77. The Labute approximate surface area is 180 Å². The molecule has 1 saturated heterocycles. The Kier molecular flexibility index (Phi) is 8.53. The van der Waals surface area contributed by atoms with Crippen LogP contribution in [0.15, 0.2) is 59.6 Å². The van der Waals surface area contributed by atoms with Crippen LogP contribution in [0.2, 0.25) is 0 Å². The molecule has 3 rings (SSSR count). The highest BCUT2D eigenvalue weighted by molar-refractivity contribution is 5.79. The first-order chi connectivity index (χ1) is 14.7. The molecule has 2 aromatic carbocycles. The number of aliphatic hydroxyl groups excluding tert-OH is 1. The van der Waals surface area contributed by atoms with E-state index in [1.807, 2.05) is 42.5 Å². The SMILES string of the molecule is CN=C(NCC(CO)c1ccccc1)NCC(c1ccc(OC)cc1)N1CCCC1. The Bertz CT molecular complexity index is 774. The fourth-order valence-corrected chi connectivity index (χ4v) is 3.98. The Morgan fingerprint density at radius 3 is 2.27 bits per heavy atom. The number of hydrogen-bond donors (Lipinski definition) is 3. The second-order valence-corrected chi connectivity index (χ2v) is 7.66. The number of nitrogens with one attached hydrogen (secondary N) is 2. The maximum atomic E-state index is 9.80. The Balaban J connectivity index is 1.61. The lowest BCUT2D eigenvalue weighted by atomic mass is 10.0. The number of methoxy groups -OCH3 is 1. The number of hydrogen-bond acceptors (Lipinski definition) is 4. The van der Waals surface area contributed by atoms with Gasteiger partial charge in [-0.1, -0.05) is 42.5 Å². The summed E-state index contributed by atoms with van der Waals surface area (Å²) in [6, 6.07) is 18.7. The molecule has 162 valence electrons. The number of aliphatic hydroxyl groups is 1. The predicted molar refractivity (Wildman–Crippen MR) is 122 cm³/mol. The molecule has 2 aromatic rings. The Morgan fingerprint density at radius 2 is 1.67 bits per heavy atom. The minimum absolute atomic E-state index is 0.0284. The molecule has 1 aliphatic heterocycles. The minimum Gasteiger partial charge on any atom is -0.497 e. The number of aliphatic imine (C=N–C) groups is 1. The van der Waals surface area contributed by atoms with Gasteiger partial charge in [0.05, 0.1) is 19.8 Å². The average molecular weight is 411 g/mol. The van der Waals surface area contributed by atoms with Crippen molar-refractivity contribution < 1.29 is 9.84 Å². The van der Waals surface area contributed by atoms with Gasteiger partial charge in [0.2, 0.25) is 0 Å². The van der Waals surface area contributed by atoms with E-state index in [0.717, 1.165) is 36.9 Å². The third kappa shape index (κ3) is 5.97. The second kappa shape index (κ2) is 11.6. The summed E-state index contributed by atoms with van der Waals surface area (Å²) in [4.78, 5) is 6.91. The molecule has 1 fully saturated rings. The molecule has 30 heavy (non-hydrogen) atoms. The molecule has 6 heteroatoms. The zero-order chi connectivity index (χ0) is 21.2. The van der Waals surface area contributed by atoms with Crippen molar-refractivity contribution in [1.29, 1.82) is 0 Å². The molecule has 1 heterocycles. The maximum absolute atomic E-state index is 9.80. The highest BCUT2D eigenvalue weighted by atomic mass is 16.5. The first-order valence-corrected chi connectivity index (χ1v) is 10.7. The molecule has 0 saturated carbocycles. The third-order valence-electron chi connectivity index (χ3n) is 5.78. The van der Waals surface area contributed by atoms with E-state index in [-0.39, 0.29) is 18.6 Å². The lowest BCUT2D eigenvalue weighted by Crippen LogP contribution is -2.44. The molecule has 1 aliphatic rings. The summed E-state index contributed by atoms with van der Waals surface area (Å²) >= 11 is 0. The van der Waals surface area contributed by atoms with Crippen LogP contribution in [0.1, 0.15) is 35.9 Å². The molecule has 0 spiro atoms. The normalized spacial score (nSPS) is 16.8. The van der Waals surface area contributed by atoms with Gasteiger partial charge in [0.1, 0.15) is 5.75 Å². The number of nitrogens with zero attached hydrogens (tertiary/aromatic N) is 2. The monoisotopic (exact) mass is 410 g/mol. The van der Waals surface area contributed by atoms with Gasteiger partial charge in [-0.15, -0.1) is 0 Å². The smallest absolute Gasteiger partial charge is 0.191 e. The second-order valence-electron chi connectivity index (χ2n) is 7.66. The number of benzene rings is 2. The van der Waals surface area contributed by atoms with E-state index >= 15 is 0 Å². The van der Waals surface area contributed by atoms with E-state index < -0.39 is 0 Å². The molecular weight excluding hydrogens is 376 g/mol. The van der Waals surface area contributed by atoms with Crippen LogP contribution in [-0.4, -0.2) is 62.9 Å². The van der Waals surface area contributed by atoms with E-state index in [0.29, 0.717) is 6.54 Å². The summed E-state index contributed by atoms with van der Waals surface area (Å²) in [6.45, 7) is 3.71. The van der Waals surface area contributed by atoms with E-state index in [9.17, 15) is 5.11 Å². The molecule has 3 N–H and O–H groups in total. The van der Waals surface area contributed by atoms with Crippen molar-refractivity contribution >= 4 is 5.96 Å². The van der Waals surface area contributed by atoms with Crippen LogP contribution >= 0.6 is 0 Å². The average Bonchev–Trinajstić information content (AvgIpc) is 3.34. The van der Waals surface area contributed by atoms with Gasteiger partial charge in [-0.25, -0.2) is 0 Å². The molecule has 0 amide bonds. The quantitative estimate of drug-likeness (QED) is 0.438. The van der Waals surface area contributed by atoms with Gasteiger partial charge in [-0.05, 0) is 49.2 Å². The summed E-state index contributed by atoms with van der Waals surface area (Å²) in [7, 11) is 3.48. The Morgan fingerprint density at radius 1 is 1.00 bits per heavy atom. The highest BCUT2D eigenvalue weighted by Gasteiger charge is 2.24. The van der Waals surface area contributed by atoms with Gasteiger partial charge in [-0.3, -0.25) is 9.89 Å². The van der Waals surface area contributed by atoms with Gasteiger partial charge < -0.3 is 20.5 Å². The van der Waals surface area contributed by atoms with Crippen molar-refractivity contribution in [2.24, 2.45) is 4.99 Å². The van der Waals surface area contributed by atoms with Crippen molar-refractivity contribution in [1.82, 2.24) is 15.5 Å². The molecule has 2 atom stereocenters. The van der Waals surface area contributed by atoms with Crippen molar-refractivity contribution in [2.45, 2.75) is 24.8 Å². The molecule has 6 nitrogen and oxygen atoms in total. The van der Waals surface area contributed by atoms with Crippen LogP contribution in [0, 0.1) is 0 Å². The van der Waals surface area contributed by atoms with Crippen LogP contribution in [-0.2, 0) is 0 Å². The van der Waals surface area contributed by atoms with Crippen LogP contribution < -0.4 is 15.4 Å². The van der Waals surface area contributed by atoms with Crippen LogP contribution in [0.4, 0.5) is 0 Å². The van der Waals surface area contributed by atoms with Crippen molar-refractivity contribution in [3.63, 3.8) is 0 Å². The summed E-state index contributed by atoms with van der Waals surface area (Å²) in [5, 5.41) is 16.7. The largest absolute Gasteiger partial charge is 0.497 e. The number of rotatable bonds is 9. The van der Waals surface area contributed by atoms with Gasteiger partial charge in [-0.2, -0.15) is 0 Å². The van der Waals surface area contributed by atoms with E-state index in [2.05, 4.69) is 32.7 Å². The van der Waals surface area contributed by atoms with Gasteiger partial charge in [0.25, 0.3) is 0 Å². The number of likely N-dealkylation sites (tertiary alicyclic amines) is 1. The number of ether oxygens (including phenoxy) is 1. The molecule has 0 aromatic heterocycles. The molecular formula is C24H34N4O2.